The minimum atomic E-state index is -0.107. The van der Waals surface area contributed by atoms with Crippen molar-refractivity contribution >= 4 is 34.8 Å². The quantitative estimate of drug-likeness (QED) is 0.671. The zero-order valence-electron chi connectivity index (χ0n) is 11.8. The summed E-state index contributed by atoms with van der Waals surface area (Å²) in [6.45, 7) is 4.00. The molecule has 1 N–H and O–H groups in total. The van der Waals surface area contributed by atoms with Crippen LogP contribution in [0.5, 0.6) is 5.75 Å². The summed E-state index contributed by atoms with van der Waals surface area (Å²) in [5, 5.41) is 3.35. The second kappa shape index (κ2) is 6.08. The van der Waals surface area contributed by atoms with Crippen molar-refractivity contribution in [3.8, 4) is 5.75 Å². The van der Waals surface area contributed by atoms with Crippen LogP contribution in [0.15, 0.2) is 55.1 Å². The van der Waals surface area contributed by atoms with Crippen LogP contribution in [-0.4, -0.2) is 12.5 Å². The van der Waals surface area contributed by atoms with Gasteiger partial charge in [0.05, 0.1) is 5.02 Å². The van der Waals surface area contributed by atoms with Crippen LogP contribution in [-0.2, 0) is 4.79 Å². The molecule has 0 aromatic heterocycles. The summed E-state index contributed by atoms with van der Waals surface area (Å²) >= 11 is 6.20. The van der Waals surface area contributed by atoms with E-state index in [0.29, 0.717) is 23.0 Å². The molecule has 0 atom stereocenters. The van der Waals surface area contributed by atoms with Crippen LogP contribution in [0.2, 0.25) is 5.02 Å². The third-order valence-electron chi connectivity index (χ3n) is 3.33. The number of nitrogens with one attached hydrogen (secondary N) is 1. The molecule has 0 aliphatic carbocycles. The summed E-state index contributed by atoms with van der Waals surface area (Å²) in [7, 11) is 0. The van der Waals surface area contributed by atoms with Gasteiger partial charge in [0.2, 0.25) is 0 Å². The molecule has 22 heavy (non-hydrogen) atoms. The van der Waals surface area contributed by atoms with Crippen LogP contribution < -0.4 is 10.1 Å². The number of fused-ring (bicyclic) bond motifs is 1. The zero-order valence-corrected chi connectivity index (χ0v) is 12.6. The number of carbonyl (C=O) groups excluding carboxylic acids is 1. The molecule has 2 aromatic carbocycles. The van der Waals surface area contributed by atoms with E-state index >= 15 is 0 Å². The molecule has 1 amide bonds. The SMILES string of the molecule is C=CCOc1ccc(/C=C2\C(=O)Nc3ccccc32)cc1Cl. The number of hydrogen-bond acceptors (Lipinski definition) is 2. The first-order valence-electron chi connectivity index (χ1n) is 6.85. The monoisotopic (exact) mass is 311 g/mol. The van der Waals surface area contributed by atoms with E-state index < -0.39 is 0 Å². The van der Waals surface area contributed by atoms with Gasteiger partial charge in [-0.05, 0) is 29.8 Å². The van der Waals surface area contributed by atoms with E-state index in [0.717, 1.165) is 16.8 Å². The summed E-state index contributed by atoms with van der Waals surface area (Å²) in [6, 6.07) is 13.0. The lowest BCUT2D eigenvalue weighted by Gasteiger charge is -2.06. The van der Waals surface area contributed by atoms with Gasteiger partial charge >= 0.3 is 0 Å². The van der Waals surface area contributed by atoms with E-state index in [2.05, 4.69) is 11.9 Å². The van der Waals surface area contributed by atoms with E-state index in [-0.39, 0.29) is 5.91 Å². The fourth-order valence-corrected chi connectivity index (χ4v) is 2.57. The molecular formula is C18H14ClNO2. The number of carbonyl (C=O) groups is 1. The fraction of sp³-hybridized carbons (Fsp3) is 0.0556. The molecule has 0 saturated carbocycles. The van der Waals surface area contributed by atoms with E-state index in [1.165, 1.54) is 0 Å². The average Bonchev–Trinajstić information content (AvgIpc) is 2.83. The molecule has 1 aliphatic rings. The summed E-state index contributed by atoms with van der Waals surface area (Å²) in [6.07, 6.45) is 3.48. The summed E-state index contributed by atoms with van der Waals surface area (Å²) in [5.41, 5.74) is 3.20. The normalized spacial score (nSPS) is 14.6. The van der Waals surface area contributed by atoms with Crippen molar-refractivity contribution in [2.24, 2.45) is 0 Å². The molecule has 0 saturated heterocycles. The lowest BCUT2D eigenvalue weighted by Crippen LogP contribution is -2.03. The maximum atomic E-state index is 12.1. The molecule has 1 heterocycles. The van der Waals surface area contributed by atoms with E-state index in [9.17, 15) is 4.79 Å². The van der Waals surface area contributed by atoms with Crippen molar-refractivity contribution < 1.29 is 9.53 Å². The fourth-order valence-electron chi connectivity index (χ4n) is 2.32. The lowest BCUT2D eigenvalue weighted by molar-refractivity contribution is -0.110. The molecule has 0 radical (unpaired) electrons. The Morgan fingerprint density at radius 2 is 2.05 bits per heavy atom. The Morgan fingerprint density at radius 3 is 2.82 bits per heavy atom. The minimum absolute atomic E-state index is 0.107. The van der Waals surface area contributed by atoms with E-state index in [1.54, 1.807) is 18.2 Å². The molecule has 3 rings (SSSR count). The molecule has 0 fully saturated rings. The number of hydrogen-bond donors (Lipinski definition) is 1. The third kappa shape index (κ3) is 2.76. The smallest absolute Gasteiger partial charge is 0.256 e. The highest BCUT2D eigenvalue weighted by atomic mass is 35.5. The van der Waals surface area contributed by atoms with Crippen molar-refractivity contribution in [2.75, 3.05) is 11.9 Å². The van der Waals surface area contributed by atoms with Gasteiger partial charge in [-0.25, -0.2) is 0 Å². The summed E-state index contributed by atoms with van der Waals surface area (Å²) in [4.78, 5) is 12.1. The van der Waals surface area contributed by atoms with Crippen LogP contribution in [0.3, 0.4) is 0 Å². The minimum Gasteiger partial charge on any atom is -0.488 e. The largest absolute Gasteiger partial charge is 0.488 e. The van der Waals surface area contributed by atoms with Gasteiger partial charge in [-0.15, -0.1) is 0 Å². The number of halogens is 1. The van der Waals surface area contributed by atoms with Crippen LogP contribution in [0, 0.1) is 0 Å². The number of benzene rings is 2. The molecule has 0 spiro atoms. The molecule has 1 aliphatic heterocycles. The van der Waals surface area contributed by atoms with Gasteiger partial charge < -0.3 is 10.1 Å². The van der Waals surface area contributed by atoms with Crippen LogP contribution >= 0.6 is 11.6 Å². The Labute approximate surface area is 133 Å². The van der Waals surface area contributed by atoms with Gasteiger partial charge in [0.15, 0.2) is 0 Å². The molecule has 0 bridgehead atoms. The number of anilines is 1. The Morgan fingerprint density at radius 1 is 1.23 bits per heavy atom. The Hall–Kier alpha value is -2.52. The maximum Gasteiger partial charge on any atom is 0.256 e. The van der Waals surface area contributed by atoms with E-state index in [1.807, 2.05) is 36.4 Å². The van der Waals surface area contributed by atoms with Crippen LogP contribution in [0.25, 0.3) is 11.6 Å². The van der Waals surface area contributed by atoms with Crippen molar-refractivity contribution in [1.29, 1.82) is 0 Å². The molecular weight excluding hydrogens is 298 g/mol. The highest BCUT2D eigenvalue weighted by molar-refractivity contribution is 6.35. The lowest BCUT2D eigenvalue weighted by atomic mass is 10.0. The van der Waals surface area contributed by atoms with Gasteiger partial charge in [-0.3, -0.25) is 4.79 Å². The first-order valence-corrected chi connectivity index (χ1v) is 7.22. The Balaban J connectivity index is 1.94. The summed E-state index contributed by atoms with van der Waals surface area (Å²) < 4.78 is 5.44. The maximum absolute atomic E-state index is 12.1. The predicted molar refractivity (Wildman–Crippen MR) is 90.1 cm³/mol. The number of ether oxygens (including phenoxy) is 1. The standard InChI is InChI=1S/C18H14ClNO2/c1-2-9-22-17-8-7-12(11-15(17)19)10-14-13-5-3-4-6-16(13)20-18(14)21/h2-8,10-11H,1,9H2,(H,20,21)/b14-10-. The van der Waals surface area contributed by atoms with Gasteiger partial charge in [0.1, 0.15) is 12.4 Å². The van der Waals surface area contributed by atoms with Crippen LogP contribution in [0.1, 0.15) is 11.1 Å². The van der Waals surface area contributed by atoms with Crippen molar-refractivity contribution in [3.05, 3.63) is 71.3 Å². The van der Waals surface area contributed by atoms with Crippen LogP contribution in [0.4, 0.5) is 5.69 Å². The summed E-state index contributed by atoms with van der Waals surface area (Å²) in [5.74, 6) is 0.490. The van der Waals surface area contributed by atoms with Crippen molar-refractivity contribution in [2.45, 2.75) is 0 Å². The topological polar surface area (TPSA) is 38.3 Å². The molecule has 0 unspecified atom stereocenters. The molecule has 2 aromatic rings. The van der Waals surface area contributed by atoms with Gasteiger partial charge in [0.25, 0.3) is 5.91 Å². The van der Waals surface area contributed by atoms with Gasteiger partial charge in [-0.2, -0.15) is 0 Å². The molecule has 4 heteroatoms. The highest BCUT2D eigenvalue weighted by Gasteiger charge is 2.23. The first kappa shape index (κ1) is 14.4. The zero-order chi connectivity index (χ0) is 15.5. The van der Waals surface area contributed by atoms with Crippen molar-refractivity contribution in [3.63, 3.8) is 0 Å². The second-order valence-electron chi connectivity index (χ2n) is 4.85. The highest BCUT2D eigenvalue weighted by Crippen LogP contribution is 2.34. The second-order valence-corrected chi connectivity index (χ2v) is 5.25. The molecule has 3 nitrogen and oxygen atoms in total. The Bertz CT molecular complexity index is 780. The average molecular weight is 312 g/mol. The molecule has 110 valence electrons. The van der Waals surface area contributed by atoms with E-state index in [4.69, 9.17) is 16.3 Å². The number of para-hydroxylation sites is 1. The predicted octanol–water partition coefficient (Wildman–Crippen LogP) is 4.40. The van der Waals surface area contributed by atoms with Gasteiger partial charge in [0, 0.05) is 16.8 Å². The van der Waals surface area contributed by atoms with Crippen molar-refractivity contribution in [1.82, 2.24) is 0 Å². The third-order valence-corrected chi connectivity index (χ3v) is 3.63. The first-order chi connectivity index (χ1) is 10.7. The number of rotatable bonds is 4. The number of amides is 1. The Kier molecular flexibility index (Phi) is 3.98. The van der Waals surface area contributed by atoms with Gasteiger partial charge in [-0.1, -0.05) is 48.5 Å².